The number of carbonyl (C=O) groups is 1. The Hall–Kier alpha value is -2.84. The number of hydrogen-bond acceptors (Lipinski definition) is 6. The Kier molecular flexibility index (Phi) is 4.71. The van der Waals surface area contributed by atoms with E-state index in [1.807, 2.05) is 30.3 Å². The summed E-state index contributed by atoms with van der Waals surface area (Å²) < 4.78 is 33.7. The third kappa shape index (κ3) is 3.56. The normalized spacial score (nSPS) is 11.5. The number of furan rings is 1. The number of rotatable bonds is 5. The van der Waals surface area contributed by atoms with Crippen LogP contribution in [0.2, 0.25) is 0 Å². The predicted molar refractivity (Wildman–Crippen MR) is 97.5 cm³/mol. The van der Waals surface area contributed by atoms with Crippen LogP contribution in [0.15, 0.2) is 57.8 Å². The molecule has 0 aliphatic heterocycles. The standard InChI is InChI=1S/C18H18N2O5S/c1-20(11-13-9-12-5-3-4-6-17(12)25-13)16-8-7-14(26(19,22)23)10-15(16)18(21)24-2/h3-10H,11H2,1-2H3,(H2,19,22,23). The van der Waals surface area contributed by atoms with Crippen molar-refractivity contribution in [3.63, 3.8) is 0 Å². The van der Waals surface area contributed by atoms with Gasteiger partial charge in [-0.2, -0.15) is 0 Å². The zero-order valence-electron chi connectivity index (χ0n) is 14.3. The van der Waals surface area contributed by atoms with Crippen LogP contribution in [0.25, 0.3) is 11.0 Å². The number of fused-ring (bicyclic) bond motifs is 1. The number of para-hydroxylation sites is 1. The van der Waals surface area contributed by atoms with Crippen molar-refractivity contribution in [1.82, 2.24) is 0 Å². The highest BCUT2D eigenvalue weighted by Gasteiger charge is 2.20. The molecule has 26 heavy (non-hydrogen) atoms. The quantitative estimate of drug-likeness (QED) is 0.688. The SMILES string of the molecule is COC(=O)c1cc(S(N)(=O)=O)ccc1N(C)Cc1cc2ccccc2o1. The monoisotopic (exact) mass is 374 g/mol. The van der Waals surface area contributed by atoms with Crippen LogP contribution in [0.3, 0.4) is 0 Å². The van der Waals surface area contributed by atoms with Gasteiger partial charge in [0.15, 0.2) is 0 Å². The zero-order valence-corrected chi connectivity index (χ0v) is 15.1. The van der Waals surface area contributed by atoms with E-state index in [2.05, 4.69) is 0 Å². The van der Waals surface area contributed by atoms with Crippen molar-refractivity contribution in [3.05, 3.63) is 59.9 Å². The fourth-order valence-corrected chi connectivity index (χ4v) is 3.27. The number of benzene rings is 2. The molecule has 0 amide bonds. The first-order valence-electron chi connectivity index (χ1n) is 7.73. The maximum absolute atomic E-state index is 12.1. The van der Waals surface area contributed by atoms with Gasteiger partial charge in [0, 0.05) is 12.4 Å². The highest BCUT2D eigenvalue weighted by Crippen LogP contribution is 2.27. The van der Waals surface area contributed by atoms with Gasteiger partial charge in [-0.3, -0.25) is 0 Å². The molecule has 2 aromatic carbocycles. The summed E-state index contributed by atoms with van der Waals surface area (Å²) >= 11 is 0. The van der Waals surface area contributed by atoms with Gasteiger partial charge < -0.3 is 14.1 Å². The van der Waals surface area contributed by atoms with Gasteiger partial charge >= 0.3 is 5.97 Å². The zero-order chi connectivity index (χ0) is 18.9. The van der Waals surface area contributed by atoms with Crippen molar-refractivity contribution in [3.8, 4) is 0 Å². The molecule has 1 heterocycles. The van der Waals surface area contributed by atoms with Crippen LogP contribution in [-0.4, -0.2) is 28.5 Å². The minimum Gasteiger partial charge on any atom is -0.465 e. The maximum atomic E-state index is 12.1. The van der Waals surface area contributed by atoms with Crippen LogP contribution in [0.4, 0.5) is 5.69 Å². The lowest BCUT2D eigenvalue weighted by Gasteiger charge is -2.21. The molecule has 0 atom stereocenters. The number of nitrogens with zero attached hydrogens (tertiary/aromatic N) is 1. The number of ether oxygens (including phenoxy) is 1. The highest BCUT2D eigenvalue weighted by molar-refractivity contribution is 7.89. The maximum Gasteiger partial charge on any atom is 0.340 e. The van der Waals surface area contributed by atoms with Crippen LogP contribution in [0, 0.1) is 0 Å². The number of sulfonamides is 1. The van der Waals surface area contributed by atoms with E-state index in [4.69, 9.17) is 14.3 Å². The number of esters is 1. The number of hydrogen-bond donors (Lipinski definition) is 1. The van der Waals surface area contributed by atoms with E-state index in [-0.39, 0.29) is 10.5 Å². The minimum atomic E-state index is -3.93. The van der Waals surface area contributed by atoms with E-state index in [1.54, 1.807) is 11.9 Å². The smallest absolute Gasteiger partial charge is 0.340 e. The topological polar surface area (TPSA) is 103 Å². The van der Waals surface area contributed by atoms with Gasteiger partial charge in [-0.25, -0.2) is 18.4 Å². The molecule has 3 rings (SSSR count). The summed E-state index contributed by atoms with van der Waals surface area (Å²) in [5.74, 6) is 0.0574. The van der Waals surface area contributed by atoms with Crippen LogP contribution in [0.1, 0.15) is 16.1 Å². The first kappa shape index (κ1) is 18.0. The van der Waals surface area contributed by atoms with Gasteiger partial charge in [-0.1, -0.05) is 18.2 Å². The predicted octanol–water partition coefficient (Wildman–Crippen LogP) is 2.50. The summed E-state index contributed by atoms with van der Waals surface area (Å²) in [6, 6.07) is 13.6. The lowest BCUT2D eigenvalue weighted by Crippen LogP contribution is -2.21. The van der Waals surface area contributed by atoms with Gasteiger partial charge in [0.25, 0.3) is 0 Å². The van der Waals surface area contributed by atoms with E-state index in [0.717, 1.165) is 11.0 Å². The van der Waals surface area contributed by atoms with Crippen molar-refractivity contribution in [2.45, 2.75) is 11.4 Å². The minimum absolute atomic E-state index is 0.109. The molecule has 0 saturated heterocycles. The van der Waals surface area contributed by atoms with Crippen molar-refractivity contribution in [2.24, 2.45) is 5.14 Å². The molecule has 2 N–H and O–H groups in total. The number of nitrogens with two attached hydrogens (primary N) is 1. The molecule has 0 unspecified atom stereocenters. The van der Waals surface area contributed by atoms with Crippen LogP contribution in [0.5, 0.6) is 0 Å². The molecule has 3 aromatic rings. The summed E-state index contributed by atoms with van der Waals surface area (Å²) in [7, 11) is -0.930. The lowest BCUT2D eigenvalue weighted by atomic mass is 10.1. The Balaban J connectivity index is 1.97. The third-order valence-corrected chi connectivity index (χ3v) is 4.89. The van der Waals surface area contributed by atoms with Crippen LogP contribution >= 0.6 is 0 Å². The second-order valence-corrected chi connectivity index (χ2v) is 7.38. The van der Waals surface area contributed by atoms with E-state index in [9.17, 15) is 13.2 Å². The molecule has 0 bridgehead atoms. The second kappa shape index (κ2) is 6.81. The number of primary sulfonamides is 1. The molecule has 0 aliphatic carbocycles. The molecular formula is C18H18N2O5S. The van der Waals surface area contributed by atoms with E-state index in [1.165, 1.54) is 25.3 Å². The Morgan fingerprint density at radius 1 is 1.19 bits per heavy atom. The average Bonchev–Trinajstić information content (AvgIpc) is 3.01. The summed E-state index contributed by atoms with van der Waals surface area (Å²) in [5, 5.41) is 6.13. The Bertz CT molecular complexity index is 1040. The van der Waals surface area contributed by atoms with E-state index >= 15 is 0 Å². The Morgan fingerprint density at radius 2 is 1.92 bits per heavy atom. The largest absolute Gasteiger partial charge is 0.465 e. The number of carbonyl (C=O) groups excluding carboxylic acids is 1. The summed E-state index contributed by atoms with van der Waals surface area (Å²) in [4.78, 5) is 13.7. The highest BCUT2D eigenvalue weighted by atomic mass is 32.2. The molecule has 7 nitrogen and oxygen atoms in total. The molecule has 0 radical (unpaired) electrons. The molecule has 136 valence electrons. The molecule has 1 aromatic heterocycles. The fraction of sp³-hybridized carbons (Fsp3) is 0.167. The van der Waals surface area contributed by atoms with Gasteiger partial charge in [-0.05, 0) is 30.3 Å². The first-order chi connectivity index (χ1) is 12.3. The molecule has 8 heteroatoms. The van der Waals surface area contributed by atoms with Crippen LogP contribution < -0.4 is 10.0 Å². The second-order valence-electron chi connectivity index (χ2n) is 5.82. The molecular weight excluding hydrogens is 356 g/mol. The number of anilines is 1. The van der Waals surface area contributed by atoms with Gasteiger partial charge in [-0.15, -0.1) is 0 Å². The Morgan fingerprint density at radius 3 is 2.58 bits per heavy atom. The van der Waals surface area contributed by atoms with E-state index < -0.39 is 16.0 Å². The Labute approximate surface area is 151 Å². The van der Waals surface area contributed by atoms with Crippen molar-refractivity contribution < 1.29 is 22.4 Å². The summed E-state index contributed by atoms with van der Waals surface area (Å²) in [5.41, 5.74) is 1.39. The first-order valence-corrected chi connectivity index (χ1v) is 9.28. The number of methoxy groups -OCH3 is 1. The van der Waals surface area contributed by atoms with Gasteiger partial charge in [0.1, 0.15) is 11.3 Å². The summed E-state index contributed by atoms with van der Waals surface area (Å²) in [6.07, 6.45) is 0. The fourth-order valence-electron chi connectivity index (χ4n) is 2.73. The lowest BCUT2D eigenvalue weighted by molar-refractivity contribution is 0.0601. The average molecular weight is 374 g/mol. The molecule has 0 aliphatic rings. The molecule has 0 fully saturated rings. The van der Waals surface area contributed by atoms with Crippen LogP contribution in [-0.2, 0) is 21.3 Å². The van der Waals surface area contributed by atoms with Gasteiger partial charge in [0.05, 0.1) is 29.8 Å². The van der Waals surface area contributed by atoms with Crippen molar-refractivity contribution in [1.29, 1.82) is 0 Å². The molecule has 0 spiro atoms. The van der Waals surface area contributed by atoms with Crippen molar-refractivity contribution >= 4 is 32.6 Å². The summed E-state index contributed by atoms with van der Waals surface area (Å²) in [6.45, 7) is 0.382. The van der Waals surface area contributed by atoms with E-state index in [0.29, 0.717) is 18.0 Å². The third-order valence-electron chi connectivity index (χ3n) is 3.98. The van der Waals surface area contributed by atoms with Crippen molar-refractivity contribution in [2.75, 3.05) is 19.1 Å². The van der Waals surface area contributed by atoms with Gasteiger partial charge in [0.2, 0.25) is 10.0 Å². The molecule has 0 saturated carbocycles.